The summed E-state index contributed by atoms with van der Waals surface area (Å²) in [5, 5.41) is 8.24. The summed E-state index contributed by atoms with van der Waals surface area (Å²) in [6.45, 7) is 2.89. The van der Waals surface area contributed by atoms with E-state index in [2.05, 4.69) is 21.5 Å². The molecule has 0 aliphatic heterocycles. The standard InChI is InChI=1S/C10H14N4S/c1-2-14-10(12-7-13-14)5-9(11)8-3-4-15-6-8/h3-4,6-7,9H,2,5,11H2,1H3. The van der Waals surface area contributed by atoms with Gasteiger partial charge >= 0.3 is 0 Å². The van der Waals surface area contributed by atoms with Gasteiger partial charge in [0.05, 0.1) is 0 Å². The van der Waals surface area contributed by atoms with Crippen molar-refractivity contribution < 1.29 is 0 Å². The molecule has 1 unspecified atom stereocenters. The second-order valence-electron chi connectivity index (χ2n) is 3.36. The fourth-order valence-electron chi connectivity index (χ4n) is 1.51. The molecule has 1 atom stereocenters. The topological polar surface area (TPSA) is 56.7 Å². The van der Waals surface area contributed by atoms with Crippen LogP contribution in [0.2, 0.25) is 0 Å². The van der Waals surface area contributed by atoms with Gasteiger partial charge in [-0.3, -0.25) is 4.68 Å². The molecule has 0 aliphatic rings. The Bertz CT molecular complexity index is 407. The summed E-state index contributed by atoms with van der Waals surface area (Å²) >= 11 is 1.67. The van der Waals surface area contributed by atoms with Gasteiger partial charge in [0.1, 0.15) is 12.2 Å². The Labute approximate surface area is 92.8 Å². The van der Waals surface area contributed by atoms with E-state index >= 15 is 0 Å². The highest BCUT2D eigenvalue weighted by Crippen LogP contribution is 2.17. The van der Waals surface area contributed by atoms with Gasteiger partial charge in [-0.2, -0.15) is 16.4 Å². The molecule has 2 aromatic rings. The van der Waals surface area contributed by atoms with Gasteiger partial charge in [0.25, 0.3) is 0 Å². The second-order valence-corrected chi connectivity index (χ2v) is 4.14. The third-order valence-corrected chi connectivity index (χ3v) is 3.07. The molecule has 2 N–H and O–H groups in total. The molecule has 0 radical (unpaired) electrons. The van der Waals surface area contributed by atoms with E-state index in [1.54, 1.807) is 17.7 Å². The van der Waals surface area contributed by atoms with Crippen molar-refractivity contribution in [1.82, 2.24) is 14.8 Å². The van der Waals surface area contributed by atoms with E-state index < -0.39 is 0 Å². The molecule has 0 spiro atoms. The molecule has 2 rings (SSSR count). The molecular weight excluding hydrogens is 208 g/mol. The summed E-state index contributed by atoms with van der Waals surface area (Å²) in [5.74, 6) is 0.955. The fourth-order valence-corrected chi connectivity index (χ4v) is 2.24. The molecule has 4 nitrogen and oxygen atoms in total. The molecule has 0 fully saturated rings. The van der Waals surface area contributed by atoms with Crippen molar-refractivity contribution in [2.24, 2.45) is 5.73 Å². The molecule has 80 valence electrons. The first-order chi connectivity index (χ1) is 7.31. The summed E-state index contributed by atoms with van der Waals surface area (Å²) in [6, 6.07) is 2.08. The zero-order chi connectivity index (χ0) is 10.7. The van der Waals surface area contributed by atoms with Crippen molar-refractivity contribution in [3.05, 3.63) is 34.5 Å². The SMILES string of the molecule is CCn1ncnc1CC(N)c1ccsc1. The van der Waals surface area contributed by atoms with E-state index in [0.29, 0.717) is 0 Å². The first-order valence-corrected chi connectivity index (χ1v) is 5.90. The lowest BCUT2D eigenvalue weighted by Crippen LogP contribution is -2.16. The van der Waals surface area contributed by atoms with Crippen molar-refractivity contribution in [3.63, 3.8) is 0 Å². The fraction of sp³-hybridized carbons (Fsp3) is 0.400. The van der Waals surface area contributed by atoms with Crippen molar-refractivity contribution in [3.8, 4) is 0 Å². The molecule has 5 heteroatoms. The average molecular weight is 222 g/mol. The number of aromatic nitrogens is 3. The first kappa shape index (κ1) is 10.3. The molecule has 15 heavy (non-hydrogen) atoms. The zero-order valence-corrected chi connectivity index (χ0v) is 9.44. The van der Waals surface area contributed by atoms with Crippen molar-refractivity contribution >= 4 is 11.3 Å². The van der Waals surface area contributed by atoms with Gasteiger partial charge in [-0.1, -0.05) is 0 Å². The predicted octanol–water partition coefficient (Wildman–Crippen LogP) is 1.60. The number of nitrogens with zero attached hydrogens (tertiary/aromatic N) is 3. The van der Waals surface area contributed by atoms with E-state index in [1.165, 1.54) is 5.56 Å². The quantitative estimate of drug-likeness (QED) is 0.855. The summed E-state index contributed by atoms with van der Waals surface area (Å²) in [6.07, 6.45) is 2.32. The minimum absolute atomic E-state index is 0.0192. The first-order valence-electron chi connectivity index (χ1n) is 4.95. The van der Waals surface area contributed by atoms with E-state index in [9.17, 15) is 0 Å². The Kier molecular flexibility index (Phi) is 3.13. The van der Waals surface area contributed by atoms with E-state index in [-0.39, 0.29) is 6.04 Å². The van der Waals surface area contributed by atoms with Crippen LogP contribution in [0.4, 0.5) is 0 Å². The van der Waals surface area contributed by atoms with Crippen LogP contribution in [0.25, 0.3) is 0 Å². The predicted molar refractivity (Wildman–Crippen MR) is 60.6 cm³/mol. The van der Waals surface area contributed by atoms with Crippen molar-refractivity contribution in [1.29, 1.82) is 0 Å². The molecule has 2 aromatic heterocycles. The van der Waals surface area contributed by atoms with Gasteiger partial charge in [0.2, 0.25) is 0 Å². The Balaban J connectivity index is 2.09. The largest absolute Gasteiger partial charge is 0.324 e. The van der Waals surface area contributed by atoms with Crippen LogP contribution in [0, 0.1) is 0 Å². The monoisotopic (exact) mass is 222 g/mol. The van der Waals surface area contributed by atoms with Crippen LogP contribution in [-0.4, -0.2) is 14.8 Å². The third kappa shape index (κ3) is 2.24. The highest BCUT2D eigenvalue weighted by molar-refractivity contribution is 7.07. The van der Waals surface area contributed by atoms with Gasteiger partial charge in [-0.05, 0) is 29.3 Å². The smallest absolute Gasteiger partial charge is 0.138 e. The minimum atomic E-state index is 0.0192. The average Bonchev–Trinajstić information content (AvgIpc) is 2.87. The number of rotatable bonds is 4. The van der Waals surface area contributed by atoms with Crippen LogP contribution in [0.1, 0.15) is 24.4 Å². The molecule has 0 saturated carbocycles. The summed E-state index contributed by atoms with van der Waals surface area (Å²) in [5.41, 5.74) is 7.25. The highest BCUT2D eigenvalue weighted by Gasteiger charge is 2.11. The van der Waals surface area contributed by atoms with E-state index in [1.807, 2.05) is 17.0 Å². The number of thiophene rings is 1. The number of nitrogens with two attached hydrogens (primary N) is 1. The second kappa shape index (κ2) is 4.55. The maximum atomic E-state index is 6.08. The third-order valence-electron chi connectivity index (χ3n) is 2.37. The summed E-state index contributed by atoms with van der Waals surface area (Å²) in [4.78, 5) is 4.21. The lowest BCUT2D eigenvalue weighted by molar-refractivity contribution is 0.581. The molecular formula is C10H14N4S. The van der Waals surface area contributed by atoms with Gasteiger partial charge < -0.3 is 5.73 Å². The molecule has 0 bridgehead atoms. The zero-order valence-electron chi connectivity index (χ0n) is 8.63. The Morgan fingerprint density at radius 3 is 3.13 bits per heavy atom. The van der Waals surface area contributed by atoms with Gasteiger partial charge in [-0.25, -0.2) is 4.98 Å². The van der Waals surface area contributed by atoms with Crippen LogP contribution in [0.15, 0.2) is 23.2 Å². The molecule has 0 saturated heterocycles. The molecule has 0 aromatic carbocycles. The Morgan fingerprint density at radius 1 is 1.60 bits per heavy atom. The lowest BCUT2D eigenvalue weighted by Gasteiger charge is -2.09. The van der Waals surface area contributed by atoms with Crippen LogP contribution in [0.3, 0.4) is 0 Å². The minimum Gasteiger partial charge on any atom is -0.324 e. The molecule has 2 heterocycles. The van der Waals surface area contributed by atoms with Gasteiger partial charge in [0.15, 0.2) is 0 Å². The van der Waals surface area contributed by atoms with E-state index in [0.717, 1.165) is 18.8 Å². The Morgan fingerprint density at radius 2 is 2.47 bits per heavy atom. The summed E-state index contributed by atoms with van der Waals surface area (Å²) < 4.78 is 1.88. The lowest BCUT2D eigenvalue weighted by atomic mass is 10.1. The maximum Gasteiger partial charge on any atom is 0.138 e. The summed E-state index contributed by atoms with van der Waals surface area (Å²) in [7, 11) is 0. The van der Waals surface area contributed by atoms with Crippen LogP contribution in [0.5, 0.6) is 0 Å². The van der Waals surface area contributed by atoms with Crippen LogP contribution in [-0.2, 0) is 13.0 Å². The number of hydrogen-bond acceptors (Lipinski definition) is 4. The maximum absolute atomic E-state index is 6.08. The normalized spacial score (nSPS) is 12.9. The van der Waals surface area contributed by atoms with Gasteiger partial charge in [0, 0.05) is 19.0 Å². The van der Waals surface area contributed by atoms with Gasteiger partial charge in [-0.15, -0.1) is 0 Å². The molecule has 0 aliphatic carbocycles. The van der Waals surface area contributed by atoms with Crippen molar-refractivity contribution in [2.45, 2.75) is 25.9 Å². The number of hydrogen-bond donors (Lipinski definition) is 1. The van der Waals surface area contributed by atoms with Crippen molar-refractivity contribution in [2.75, 3.05) is 0 Å². The number of aryl methyl sites for hydroxylation is 1. The van der Waals surface area contributed by atoms with Crippen LogP contribution < -0.4 is 5.73 Å². The highest BCUT2D eigenvalue weighted by atomic mass is 32.1. The van der Waals surface area contributed by atoms with E-state index in [4.69, 9.17) is 5.73 Å². The molecule has 0 amide bonds. The Hall–Kier alpha value is -1.20. The van der Waals surface area contributed by atoms with Crippen LogP contribution >= 0.6 is 11.3 Å².